The number of rotatable bonds is 8. The van der Waals surface area contributed by atoms with Crippen molar-refractivity contribution >= 4 is 35.0 Å². The first-order valence-corrected chi connectivity index (χ1v) is 9.88. The molecule has 9 heteroatoms. The second kappa shape index (κ2) is 10.2. The number of amides is 1. The summed E-state index contributed by atoms with van der Waals surface area (Å²) in [5.74, 6) is -1.33. The van der Waals surface area contributed by atoms with E-state index in [1.165, 1.54) is 35.7 Å². The van der Waals surface area contributed by atoms with E-state index in [9.17, 15) is 19.7 Å². The number of carbonyl (C=O) groups is 2. The van der Waals surface area contributed by atoms with Crippen molar-refractivity contribution in [1.29, 1.82) is 5.26 Å². The molecule has 29 heavy (non-hydrogen) atoms. The molecule has 150 valence electrons. The van der Waals surface area contributed by atoms with Crippen LogP contribution in [0.15, 0.2) is 53.4 Å². The Morgan fingerprint density at radius 2 is 1.97 bits per heavy atom. The van der Waals surface area contributed by atoms with Crippen LogP contribution >= 0.6 is 11.8 Å². The summed E-state index contributed by atoms with van der Waals surface area (Å²) in [6.45, 7) is 1.57. The van der Waals surface area contributed by atoms with Gasteiger partial charge in [0.15, 0.2) is 6.10 Å². The van der Waals surface area contributed by atoms with Gasteiger partial charge in [0.1, 0.15) is 0 Å². The topological polar surface area (TPSA) is 114 Å². The van der Waals surface area contributed by atoms with Crippen LogP contribution in [0.2, 0.25) is 0 Å². The molecule has 0 bridgehead atoms. The van der Waals surface area contributed by atoms with E-state index in [0.29, 0.717) is 10.6 Å². The van der Waals surface area contributed by atoms with Crippen LogP contribution in [0.5, 0.6) is 0 Å². The van der Waals surface area contributed by atoms with Crippen molar-refractivity contribution in [2.45, 2.75) is 24.3 Å². The first-order chi connectivity index (χ1) is 13.9. The molecule has 1 amide bonds. The minimum atomic E-state index is -1.14. The number of thioether (sulfide) groups is 1. The molecule has 0 N–H and O–H groups in total. The predicted octanol–water partition coefficient (Wildman–Crippen LogP) is 3.81. The van der Waals surface area contributed by atoms with Crippen molar-refractivity contribution in [2.24, 2.45) is 0 Å². The van der Waals surface area contributed by atoms with Gasteiger partial charge in [-0.2, -0.15) is 5.26 Å². The SMILES string of the molecule is CSc1ccc(C(=O)O[C@@H](C)C(=O)N(CCC#N)c2ccccc2)cc1[N+](=O)[O-]. The normalized spacial score (nSPS) is 11.2. The molecule has 2 aromatic carbocycles. The summed E-state index contributed by atoms with van der Waals surface area (Å²) in [6.07, 6.45) is 0.671. The Morgan fingerprint density at radius 1 is 1.28 bits per heavy atom. The zero-order chi connectivity index (χ0) is 21.4. The smallest absolute Gasteiger partial charge is 0.339 e. The minimum absolute atomic E-state index is 0.0163. The van der Waals surface area contributed by atoms with Crippen LogP contribution in [0, 0.1) is 21.4 Å². The summed E-state index contributed by atoms with van der Waals surface area (Å²) in [6, 6.07) is 14.8. The molecule has 0 aliphatic rings. The number of benzene rings is 2. The van der Waals surface area contributed by atoms with E-state index in [-0.39, 0.29) is 24.2 Å². The number of para-hydroxylation sites is 1. The molecule has 0 aliphatic carbocycles. The molecule has 0 spiro atoms. The van der Waals surface area contributed by atoms with Crippen molar-refractivity contribution in [3.63, 3.8) is 0 Å². The fourth-order valence-electron chi connectivity index (χ4n) is 2.59. The predicted molar refractivity (Wildman–Crippen MR) is 109 cm³/mol. The summed E-state index contributed by atoms with van der Waals surface area (Å²) in [4.78, 5) is 37.7. The van der Waals surface area contributed by atoms with E-state index < -0.39 is 22.9 Å². The number of ether oxygens (including phenoxy) is 1. The highest BCUT2D eigenvalue weighted by Crippen LogP contribution is 2.28. The molecule has 0 saturated heterocycles. The molecule has 2 aromatic rings. The average Bonchev–Trinajstić information content (AvgIpc) is 2.73. The van der Waals surface area contributed by atoms with Crippen LogP contribution in [-0.2, 0) is 9.53 Å². The van der Waals surface area contributed by atoms with Crippen molar-refractivity contribution in [3.05, 3.63) is 64.2 Å². The monoisotopic (exact) mass is 413 g/mol. The summed E-state index contributed by atoms with van der Waals surface area (Å²) < 4.78 is 5.25. The Morgan fingerprint density at radius 3 is 2.55 bits per heavy atom. The number of nitriles is 1. The van der Waals surface area contributed by atoms with E-state index in [2.05, 4.69) is 0 Å². The first kappa shape index (κ1) is 21.9. The Labute approximate surface area is 172 Å². The van der Waals surface area contributed by atoms with Crippen LogP contribution in [0.1, 0.15) is 23.7 Å². The zero-order valence-corrected chi connectivity index (χ0v) is 16.7. The largest absolute Gasteiger partial charge is 0.449 e. The number of esters is 1. The molecule has 0 heterocycles. The maximum atomic E-state index is 12.8. The third-order valence-electron chi connectivity index (χ3n) is 4.02. The van der Waals surface area contributed by atoms with Gasteiger partial charge in [-0.3, -0.25) is 14.9 Å². The number of nitro groups is 1. The van der Waals surface area contributed by atoms with Crippen LogP contribution in [0.25, 0.3) is 0 Å². The zero-order valence-electron chi connectivity index (χ0n) is 15.9. The number of anilines is 1. The van der Waals surface area contributed by atoms with E-state index >= 15 is 0 Å². The Hall–Kier alpha value is -3.38. The molecule has 0 unspecified atom stereocenters. The van der Waals surface area contributed by atoms with Gasteiger partial charge in [0.05, 0.1) is 27.9 Å². The van der Waals surface area contributed by atoms with E-state index in [1.54, 1.807) is 36.6 Å². The third-order valence-corrected chi connectivity index (χ3v) is 4.81. The lowest BCUT2D eigenvalue weighted by Crippen LogP contribution is -2.40. The van der Waals surface area contributed by atoms with Crippen molar-refractivity contribution in [1.82, 2.24) is 0 Å². The number of carbonyl (C=O) groups excluding carboxylic acids is 2. The lowest BCUT2D eigenvalue weighted by atomic mass is 10.2. The average molecular weight is 413 g/mol. The van der Waals surface area contributed by atoms with Gasteiger partial charge >= 0.3 is 5.97 Å². The standard InChI is InChI=1S/C20H19N3O5S/c1-14(19(24)22(12-6-11-21)16-7-4-3-5-8-16)28-20(25)15-9-10-18(29-2)17(13-15)23(26)27/h3-5,7-10,13-14H,6,12H2,1-2H3/t14-/m0/s1. The Balaban J connectivity index is 2.19. The van der Waals surface area contributed by atoms with Gasteiger partial charge in [-0.1, -0.05) is 18.2 Å². The number of hydrogen-bond acceptors (Lipinski definition) is 7. The highest BCUT2D eigenvalue weighted by molar-refractivity contribution is 7.98. The quantitative estimate of drug-likeness (QED) is 0.280. The molecule has 8 nitrogen and oxygen atoms in total. The summed E-state index contributed by atoms with van der Waals surface area (Å²) in [5, 5.41) is 20.0. The molecule has 0 aliphatic heterocycles. The van der Waals surface area contributed by atoms with Gasteiger partial charge in [0.2, 0.25) is 0 Å². The van der Waals surface area contributed by atoms with Gasteiger partial charge in [-0.25, -0.2) is 4.79 Å². The van der Waals surface area contributed by atoms with Gasteiger partial charge in [-0.15, -0.1) is 11.8 Å². The van der Waals surface area contributed by atoms with E-state index in [0.717, 1.165) is 6.07 Å². The molecule has 2 rings (SSSR count). The van der Waals surface area contributed by atoms with Gasteiger partial charge < -0.3 is 9.64 Å². The van der Waals surface area contributed by atoms with Gasteiger partial charge in [-0.05, 0) is 37.4 Å². The maximum absolute atomic E-state index is 12.8. The highest BCUT2D eigenvalue weighted by atomic mass is 32.2. The summed E-state index contributed by atoms with van der Waals surface area (Å²) in [5.41, 5.74) is 0.360. The number of nitro benzene ring substituents is 1. The fourth-order valence-corrected chi connectivity index (χ4v) is 3.14. The number of nitrogens with zero attached hydrogens (tertiary/aromatic N) is 3. The first-order valence-electron chi connectivity index (χ1n) is 8.65. The second-order valence-electron chi connectivity index (χ2n) is 5.92. The minimum Gasteiger partial charge on any atom is -0.449 e. The van der Waals surface area contributed by atoms with E-state index in [4.69, 9.17) is 10.00 Å². The van der Waals surface area contributed by atoms with Gasteiger partial charge in [0.25, 0.3) is 11.6 Å². The van der Waals surface area contributed by atoms with E-state index in [1.807, 2.05) is 6.07 Å². The van der Waals surface area contributed by atoms with Crippen molar-refractivity contribution < 1.29 is 19.2 Å². The lowest BCUT2D eigenvalue weighted by molar-refractivity contribution is -0.387. The Kier molecular flexibility index (Phi) is 7.74. The van der Waals surface area contributed by atoms with Crippen LogP contribution in [-0.4, -0.2) is 35.7 Å². The molecule has 0 radical (unpaired) electrons. The molecular weight excluding hydrogens is 394 g/mol. The lowest BCUT2D eigenvalue weighted by Gasteiger charge is -2.25. The molecule has 1 atom stereocenters. The second-order valence-corrected chi connectivity index (χ2v) is 6.77. The van der Waals surface area contributed by atoms with Crippen LogP contribution in [0.3, 0.4) is 0 Å². The summed E-state index contributed by atoms with van der Waals surface area (Å²) >= 11 is 1.19. The van der Waals surface area contributed by atoms with Crippen molar-refractivity contribution in [2.75, 3.05) is 17.7 Å². The maximum Gasteiger partial charge on any atom is 0.339 e. The van der Waals surface area contributed by atoms with Crippen LogP contribution < -0.4 is 4.90 Å². The molecule has 0 fully saturated rings. The number of hydrogen-bond donors (Lipinski definition) is 0. The Bertz CT molecular complexity index is 943. The van der Waals surface area contributed by atoms with Crippen LogP contribution in [0.4, 0.5) is 11.4 Å². The molecule has 0 saturated carbocycles. The fraction of sp³-hybridized carbons (Fsp3) is 0.250. The summed E-state index contributed by atoms with van der Waals surface area (Å²) in [7, 11) is 0. The van der Waals surface area contributed by atoms with Crippen molar-refractivity contribution in [3.8, 4) is 6.07 Å². The molecule has 0 aromatic heterocycles. The third kappa shape index (κ3) is 5.56. The highest BCUT2D eigenvalue weighted by Gasteiger charge is 2.26. The molecular formula is C20H19N3O5S. The van der Waals surface area contributed by atoms with Gasteiger partial charge in [0, 0.05) is 18.3 Å².